The van der Waals surface area contributed by atoms with E-state index in [9.17, 15) is 5.26 Å². The molecule has 0 unspecified atom stereocenters. The standard InChI is InChI=1S/C47H31N3/c1-47(2)40-23-12-10-19-36(40)38-27-39-37-20-11-13-24-43(37)50(44(39)28-41(38)47)46-33(29-48)25-32(26-42(46)49-3)45-34(30-15-6-4-7-16-30)21-14-22-35(45)31-17-8-5-9-18-31/h4-28H,1-2H3. The zero-order valence-corrected chi connectivity index (χ0v) is 27.8. The number of hydrogen-bond donors (Lipinski definition) is 0. The van der Waals surface area contributed by atoms with E-state index < -0.39 is 0 Å². The van der Waals surface area contributed by atoms with E-state index in [4.69, 9.17) is 6.57 Å². The lowest BCUT2D eigenvalue weighted by molar-refractivity contribution is 0.661. The second kappa shape index (κ2) is 11.2. The third-order valence-electron chi connectivity index (χ3n) is 10.5. The lowest BCUT2D eigenvalue weighted by Crippen LogP contribution is -2.15. The molecule has 0 spiro atoms. The molecule has 0 atom stereocenters. The van der Waals surface area contributed by atoms with Gasteiger partial charge in [-0.2, -0.15) is 5.26 Å². The maximum Gasteiger partial charge on any atom is 0.212 e. The molecule has 0 radical (unpaired) electrons. The molecule has 3 heteroatoms. The first kappa shape index (κ1) is 29.5. The van der Waals surface area contributed by atoms with E-state index in [0.717, 1.165) is 55.2 Å². The zero-order valence-electron chi connectivity index (χ0n) is 27.8. The highest BCUT2D eigenvalue weighted by molar-refractivity contribution is 6.12. The first-order valence-electron chi connectivity index (χ1n) is 16.9. The average Bonchev–Trinajstić information content (AvgIpc) is 3.61. The van der Waals surface area contributed by atoms with Crippen molar-refractivity contribution in [1.82, 2.24) is 4.57 Å². The molecule has 7 aromatic carbocycles. The maximum atomic E-state index is 10.9. The highest BCUT2D eigenvalue weighted by Gasteiger charge is 2.36. The smallest absolute Gasteiger partial charge is 0.212 e. The predicted octanol–water partition coefficient (Wildman–Crippen LogP) is 12.5. The summed E-state index contributed by atoms with van der Waals surface area (Å²) in [5, 5.41) is 13.1. The van der Waals surface area contributed by atoms with Gasteiger partial charge in [-0.05, 0) is 86.0 Å². The molecule has 0 N–H and O–H groups in total. The molecule has 1 aliphatic rings. The molecule has 3 nitrogen and oxygen atoms in total. The van der Waals surface area contributed by atoms with Crippen molar-refractivity contribution >= 4 is 27.5 Å². The van der Waals surface area contributed by atoms with Crippen LogP contribution in [0.1, 0.15) is 30.5 Å². The normalized spacial score (nSPS) is 12.7. The van der Waals surface area contributed by atoms with E-state index >= 15 is 0 Å². The van der Waals surface area contributed by atoms with Crippen LogP contribution in [0.4, 0.5) is 5.69 Å². The summed E-state index contributed by atoms with van der Waals surface area (Å²) >= 11 is 0. The summed E-state index contributed by atoms with van der Waals surface area (Å²) < 4.78 is 2.15. The molecular weight excluding hydrogens is 607 g/mol. The van der Waals surface area contributed by atoms with Crippen LogP contribution in [0.15, 0.2) is 152 Å². The topological polar surface area (TPSA) is 33.1 Å². The van der Waals surface area contributed by atoms with Gasteiger partial charge in [0, 0.05) is 16.2 Å². The Balaban J connectivity index is 1.35. The van der Waals surface area contributed by atoms with Crippen LogP contribution < -0.4 is 0 Å². The van der Waals surface area contributed by atoms with Gasteiger partial charge in [-0.25, -0.2) is 4.85 Å². The number of hydrogen-bond acceptors (Lipinski definition) is 1. The molecular formula is C47H31N3. The van der Waals surface area contributed by atoms with Gasteiger partial charge in [0.2, 0.25) is 5.69 Å². The van der Waals surface area contributed by atoms with Crippen LogP contribution >= 0.6 is 0 Å². The lowest BCUT2D eigenvalue weighted by atomic mass is 9.82. The second-order valence-electron chi connectivity index (χ2n) is 13.5. The van der Waals surface area contributed by atoms with Gasteiger partial charge in [-0.3, -0.25) is 0 Å². The fourth-order valence-corrected chi connectivity index (χ4v) is 8.15. The van der Waals surface area contributed by atoms with Crippen LogP contribution in [-0.4, -0.2) is 4.57 Å². The van der Waals surface area contributed by atoms with Crippen molar-refractivity contribution < 1.29 is 0 Å². The molecule has 234 valence electrons. The average molecular weight is 638 g/mol. The number of benzene rings is 7. The summed E-state index contributed by atoms with van der Waals surface area (Å²) in [6.45, 7) is 13.1. The number of aromatic nitrogens is 1. The molecule has 1 aliphatic carbocycles. The van der Waals surface area contributed by atoms with Gasteiger partial charge in [0.05, 0.1) is 34.9 Å². The SMILES string of the molecule is [C-]#[N+]c1cc(-c2c(-c3ccccc3)cccc2-c2ccccc2)cc(C#N)c1-n1c2ccccc2c2cc3c(cc21)C(C)(C)c1ccccc1-3. The molecule has 0 bridgehead atoms. The van der Waals surface area contributed by atoms with Crippen LogP contribution in [-0.2, 0) is 5.41 Å². The van der Waals surface area contributed by atoms with E-state index in [1.54, 1.807) is 0 Å². The summed E-state index contributed by atoms with van der Waals surface area (Å²) in [6.07, 6.45) is 0. The minimum atomic E-state index is -0.194. The number of nitrogens with zero attached hydrogens (tertiary/aromatic N) is 3. The van der Waals surface area contributed by atoms with E-state index in [0.29, 0.717) is 16.9 Å². The predicted molar refractivity (Wildman–Crippen MR) is 206 cm³/mol. The Kier molecular flexibility index (Phi) is 6.60. The van der Waals surface area contributed by atoms with Gasteiger partial charge in [0.1, 0.15) is 0 Å². The van der Waals surface area contributed by atoms with Crippen molar-refractivity contribution in [2.75, 3.05) is 0 Å². The summed E-state index contributed by atoms with van der Waals surface area (Å²) in [5.41, 5.74) is 14.4. The van der Waals surface area contributed by atoms with E-state index in [1.165, 1.54) is 22.3 Å². The Morgan fingerprint density at radius 3 is 1.86 bits per heavy atom. The molecule has 0 amide bonds. The molecule has 8 aromatic rings. The van der Waals surface area contributed by atoms with Crippen LogP contribution in [0.3, 0.4) is 0 Å². The van der Waals surface area contributed by atoms with Gasteiger partial charge >= 0.3 is 0 Å². The summed E-state index contributed by atoms with van der Waals surface area (Å²) in [7, 11) is 0. The summed E-state index contributed by atoms with van der Waals surface area (Å²) in [5.74, 6) is 0. The van der Waals surface area contributed by atoms with Crippen LogP contribution in [0.25, 0.3) is 76.8 Å². The van der Waals surface area contributed by atoms with Crippen LogP contribution in [0, 0.1) is 17.9 Å². The van der Waals surface area contributed by atoms with Gasteiger partial charge in [0.25, 0.3) is 0 Å². The number of nitriles is 1. The first-order chi connectivity index (χ1) is 24.5. The molecule has 0 saturated heterocycles. The fraction of sp³-hybridized carbons (Fsp3) is 0.0638. The first-order valence-corrected chi connectivity index (χ1v) is 16.9. The molecule has 9 rings (SSSR count). The van der Waals surface area contributed by atoms with Crippen molar-refractivity contribution in [1.29, 1.82) is 5.26 Å². The zero-order chi connectivity index (χ0) is 34.0. The molecule has 0 fully saturated rings. The minimum absolute atomic E-state index is 0.194. The summed E-state index contributed by atoms with van der Waals surface area (Å²) in [6, 6.07) is 55.1. The Morgan fingerprint density at radius 1 is 0.560 bits per heavy atom. The van der Waals surface area contributed by atoms with Crippen molar-refractivity contribution in [3.63, 3.8) is 0 Å². The molecule has 0 saturated carbocycles. The van der Waals surface area contributed by atoms with Gasteiger partial charge < -0.3 is 4.57 Å². The van der Waals surface area contributed by atoms with E-state index in [2.05, 4.69) is 126 Å². The third kappa shape index (κ3) is 4.28. The van der Waals surface area contributed by atoms with Crippen molar-refractivity contribution in [3.8, 4) is 56.3 Å². The van der Waals surface area contributed by atoms with Crippen LogP contribution in [0.5, 0.6) is 0 Å². The Morgan fingerprint density at radius 2 is 1.18 bits per heavy atom. The molecule has 1 aromatic heterocycles. The van der Waals surface area contributed by atoms with Crippen molar-refractivity contribution in [2.24, 2.45) is 0 Å². The quantitative estimate of drug-likeness (QED) is 0.177. The van der Waals surface area contributed by atoms with Crippen molar-refractivity contribution in [3.05, 3.63) is 180 Å². The second-order valence-corrected chi connectivity index (χ2v) is 13.5. The minimum Gasteiger partial charge on any atom is -0.318 e. The lowest BCUT2D eigenvalue weighted by Gasteiger charge is -2.22. The largest absolute Gasteiger partial charge is 0.318 e. The van der Waals surface area contributed by atoms with Gasteiger partial charge in [-0.15, -0.1) is 0 Å². The fourth-order valence-electron chi connectivity index (χ4n) is 8.15. The Hall–Kier alpha value is -6.68. The number of rotatable bonds is 4. The molecule has 50 heavy (non-hydrogen) atoms. The van der Waals surface area contributed by atoms with Gasteiger partial charge in [-0.1, -0.05) is 135 Å². The number of fused-ring (bicyclic) bond motifs is 6. The van der Waals surface area contributed by atoms with Crippen LogP contribution in [0.2, 0.25) is 0 Å². The van der Waals surface area contributed by atoms with Crippen molar-refractivity contribution in [2.45, 2.75) is 19.3 Å². The highest BCUT2D eigenvalue weighted by atomic mass is 15.0. The van der Waals surface area contributed by atoms with E-state index in [1.807, 2.05) is 54.6 Å². The Bertz CT molecular complexity index is 2640. The highest BCUT2D eigenvalue weighted by Crippen LogP contribution is 2.52. The number of para-hydroxylation sites is 1. The summed E-state index contributed by atoms with van der Waals surface area (Å²) in [4.78, 5) is 4.15. The Labute approximate surface area is 291 Å². The monoisotopic (exact) mass is 637 g/mol. The maximum absolute atomic E-state index is 10.9. The van der Waals surface area contributed by atoms with Gasteiger partial charge in [0.15, 0.2) is 0 Å². The third-order valence-corrected chi connectivity index (χ3v) is 10.5. The molecule has 0 aliphatic heterocycles. The van der Waals surface area contributed by atoms with E-state index in [-0.39, 0.29) is 5.41 Å². The molecule has 1 heterocycles.